The number of para-hydroxylation sites is 1. The van der Waals surface area contributed by atoms with Crippen LogP contribution in [0, 0.1) is 6.92 Å². The van der Waals surface area contributed by atoms with Gasteiger partial charge in [0, 0.05) is 25.3 Å². The fraction of sp³-hybridized carbons (Fsp3) is 0.214. The Kier molecular flexibility index (Phi) is 6.37. The smallest absolute Gasteiger partial charge is 0.331 e. The average molecular weight is 543 g/mol. The third-order valence-electron chi connectivity index (χ3n) is 6.89. The van der Waals surface area contributed by atoms with Crippen LogP contribution in [0.15, 0.2) is 60.8 Å². The molecule has 1 fully saturated rings. The fourth-order valence-electron chi connectivity index (χ4n) is 5.04. The molecule has 2 aliphatic heterocycles. The molecule has 1 unspecified atom stereocenters. The van der Waals surface area contributed by atoms with E-state index in [4.69, 9.17) is 10.5 Å². The minimum atomic E-state index is -0.372. The largest absolute Gasteiger partial charge is 0.457 e. The van der Waals surface area contributed by atoms with Crippen molar-refractivity contribution in [3.05, 3.63) is 71.2 Å². The molecule has 198 valence electrons. The van der Waals surface area contributed by atoms with Gasteiger partial charge in [-0.3, -0.25) is 14.5 Å². The molecule has 4 amide bonds. The lowest BCUT2D eigenvalue weighted by molar-refractivity contribution is -0.128. The number of hydrogen-bond donors (Lipinski definition) is 3. The van der Waals surface area contributed by atoms with Crippen molar-refractivity contribution in [1.29, 1.82) is 0 Å². The molecule has 4 N–H and O–H groups in total. The van der Waals surface area contributed by atoms with Gasteiger partial charge in [0.25, 0.3) is 5.91 Å². The number of carbonyl (C=O) groups excluding carboxylic acids is 3. The molecule has 0 spiro atoms. The number of likely N-dealkylation sites (tertiary alicyclic amines) is 1. The second kappa shape index (κ2) is 10.0. The number of rotatable bonds is 6. The summed E-state index contributed by atoms with van der Waals surface area (Å²) in [7, 11) is 0. The first-order chi connectivity index (χ1) is 18.9. The third-order valence-corrected chi connectivity index (χ3v) is 7.99. The highest BCUT2D eigenvalue weighted by Gasteiger charge is 2.34. The van der Waals surface area contributed by atoms with Gasteiger partial charge < -0.3 is 26.0 Å². The van der Waals surface area contributed by atoms with E-state index in [-0.39, 0.29) is 30.4 Å². The topological polar surface area (TPSA) is 130 Å². The Morgan fingerprint density at radius 2 is 1.97 bits per heavy atom. The van der Waals surface area contributed by atoms with Crippen LogP contribution in [0.2, 0.25) is 0 Å². The zero-order chi connectivity index (χ0) is 27.1. The van der Waals surface area contributed by atoms with E-state index in [9.17, 15) is 14.4 Å². The monoisotopic (exact) mass is 542 g/mol. The fourth-order valence-corrected chi connectivity index (χ4v) is 6.06. The highest BCUT2D eigenvalue weighted by molar-refractivity contribution is 7.21. The third kappa shape index (κ3) is 4.55. The van der Waals surface area contributed by atoms with Gasteiger partial charge in [0.1, 0.15) is 21.2 Å². The summed E-state index contributed by atoms with van der Waals surface area (Å²) in [6, 6.07) is 16.3. The molecule has 2 aliphatic rings. The van der Waals surface area contributed by atoms with Gasteiger partial charge in [-0.25, -0.2) is 9.78 Å². The number of nitrogens with one attached hydrogen (secondary N) is 2. The summed E-state index contributed by atoms with van der Waals surface area (Å²) in [6.45, 7) is 2.82. The van der Waals surface area contributed by atoms with Crippen LogP contribution in [-0.2, 0) is 4.79 Å². The van der Waals surface area contributed by atoms with E-state index in [1.165, 1.54) is 11.3 Å². The number of carbonyl (C=O) groups is 3. The highest BCUT2D eigenvalue weighted by Crippen LogP contribution is 2.46. The normalized spacial score (nSPS) is 16.4. The molecule has 2 aromatic heterocycles. The van der Waals surface area contributed by atoms with Crippen molar-refractivity contribution in [2.45, 2.75) is 19.4 Å². The maximum atomic E-state index is 13.5. The number of hydrogen-bond acceptors (Lipinski definition) is 7. The van der Waals surface area contributed by atoms with Gasteiger partial charge in [-0.2, -0.15) is 0 Å². The number of urea groups is 1. The number of anilines is 3. The Morgan fingerprint density at radius 1 is 1.15 bits per heavy atom. The summed E-state index contributed by atoms with van der Waals surface area (Å²) in [5, 5.41) is 6.65. The van der Waals surface area contributed by atoms with E-state index in [1.54, 1.807) is 22.1 Å². The highest BCUT2D eigenvalue weighted by atomic mass is 32.1. The number of pyridine rings is 1. The summed E-state index contributed by atoms with van der Waals surface area (Å²) in [6.07, 6.45) is 2.28. The minimum absolute atomic E-state index is 0.0552. The molecule has 39 heavy (non-hydrogen) atoms. The number of thiophene rings is 1. The molecule has 6 rings (SSSR count). The Hall–Kier alpha value is -4.48. The standard InChI is InChI=1S/C28H26N6O4S/c1-16-13-19(38-18-5-3-2-4-6-18)7-8-20(16)34-21-9-11-30-27-23(21)24(32-28(34)37)25(39-27)26(36)31-17-10-12-33(15-17)22(35)14-29/h2-9,11,13,17H,10,12,14-15,29H2,1H3,(H,31,36)(H,32,37). The number of amides is 4. The van der Waals surface area contributed by atoms with Gasteiger partial charge in [-0.1, -0.05) is 18.2 Å². The van der Waals surface area contributed by atoms with E-state index in [0.29, 0.717) is 57.4 Å². The summed E-state index contributed by atoms with van der Waals surface area (Å²) in [5.41, 5.74) is 8.11. The molecule has 1 atom stereocenters. The number of nitrogens with two attached hydrogens (primary N) is 1. The minimum Gasteiger partial charge on any atom is -0.457 e. The Labute approximate surface area is 228 Å². The SMILES string of the molecule is Cc1cc(Oc2ccccc2)ccc1N1C(=O)Nc2c(C(=O)NC3CCN(C(=O)CN)C3)sc3nccc1c23. The van der Waals surface area contributed by atoms with Crippen LogP contribution in [0.3, 0.4) is 0 Å². The Bertz CT molecular complexity index is 1600. The van der Waals surface area contributed by atoms with Crippen LogP contribution in [0.25, 0.3) is 10.2 Å². The van der Waals surface area contributed by atoms with E-state index in [1.807, 2.05) is 55.5 Å². The quantitative estimate of drug-likeness (QED) is 0.332. The molecular formula is C28H26N6O4S. The van der Waals surface area contributed by atoms with Crippen LogP contribution < -0.4 is 26.0 Å². The molecule has 0 bridgehead atoms. The van der Waals surface area contributed by atoms with Gasteiger partial charge in [-0.15, -0.1) is 11.3 Å². The number of ether oxygens (including phenoxy) is 1. The van der Waals surface area contributed by atoms with Crippen molar-refractivity contribution in [3.63, 3.8) is 0 Å². The number of aryl methyl sites for hydroxylation is 1. The first-order valence-electron chi connectivity index (χ1n) is 12.6. The van der Waals surface area contributed by atoms with Crippen molar-refractivity contribution in [1.82, 2.24) is 15.2 Å². The van der Waals surface area contributed by atoms with E-state index < -0.39 is 0 Å². The van der Waals surface area contributed by atoms with Gasteiger partial charge in [-0.05, 0) is 55.3 Å². The van der Waals surface area contributed by atoms with E-state index in [2.05, 4.69) is 15.6 Å². The summed E-state index contributed by atoms with van der Waals surface area (Å²) < 4.78 is 5.95. The molecule has 0 radical (unpaired) electrons. The lowest BCUT2D eigenvalue weighted by Crippen LogP contribution is -2.40. The zero-order valence-corrected chi connectivity index (χ0v) is 22.0. The van der Waals surface area contributed by atoms with Crippen LogP contribution in [-0.4, -0.2) is 53.4 Å². The molecule has 4 heterocycles. The Balaban J connectivity index is 1.29. The molecule has 0 saturated carbocycles. The van der Waals surface area contributed by atoms with Gasteiger partial charge in [0.2, 0.25) is 5.91 Å². The van der Waals surface area contributed by atoms with Crippen molar-refractivity contribution < 1.29 is 19.1 Å². The lowest BCUT2D eigenvalue weighted by atomic mass is 10.1. The van der Waals surface area contributed by atoms with Gasteiger partial charge >= 0.3 is 6.03 Å². The number of nitrogens with zero attached hydrogens (tertiary/aromatic N) is 3. The maximum absolute atomic E-state index is 13.5. The second-order valence-electron chi connectivity index (χ2n) is 9.45. The van der Waals surface area contributed by atoms with Gasteiger partial charge in [0.15, 0.2) is 0 Å². The first kappa shape index (κ1) is 24.8. The molecule has 2 aromatic carbocycles. The molecule has 4 aromatic rings. The van der Waals surface area contributed by atoms with Crippen molar-refractivity contribution in [3.8, 4) is 11.5 Å². The molecule has 1 saturated heterocycles. The van der Waals surface area contributed by atoms with Crippen molar-refractivity contribution >= 4 is 56.5 Å². The second-order valence-corrected chi connectivity index (χ2v) is 10.4. The number of aromatic nitrogens is 1. The average Bonchev–Trinajstić information content (AvgIpc) is 3.55. The predicted octanol–water partition coefficient (Wildman–Crippen LogP) is 4.37. The molecule has 10 nitrogen and oxygen atoms in total. The van der Waals surface area contributed by atoms with Crippen molar-refractivity contribution in [2.75, 3.05) is 29.9 Å². The number of benzene rings is 2. The first-order valence-corrected chi connectivity index (χ1v) is 13.4. The maximum Gasteiger partial charge on any atom is 0.331 e. The van der Waals surface area contributed by atoms with Crippen LogP contribution in [0.4, 0.5) is 21.9 Å². The molecule has 11 heteroatoms. The van der Waals surface area contributed by atoms with E-state index >= 15 is 0 Å². The van der Waals surface area contributed by atoms with Crippen LogP contribution in [0.5, 0.6) is 11.5 Å². The van der Waals surface area contributed by atoms with Gasteiger partial charge in [0.05, 0.1) is 29.0 Å². The Morgan fingerprint density at radius 3 is 2.74 bits per heavy atom. The van der Waals surface area contributed by atoms with Crippen LogP contribution in [0.1, 0.15) is 21.7 Å². The van der Waals surface area contributed by atoms with Crippen LogP contribution >= 0.6 is 11.3 Å². The molecule has 0 aliphatic carbocycles. The lowest BCUT2D eigenvalue weighted by Gasteiger charge is -2.29. The van der Waals surface area contributed by atoms with Crippen molar-refractivity contribution in [2.24, 2.45) is 5.73 Å². The molecular weight excluding hydrogens is 516 g/mol. The zero-order valence-electron chi connectivity index (χ0n) is 21.1. The van der Waals surface area contributed by atoms with E-state index in [0.717, 1.165) is 11.3 Å². The summed E-state index contributed by atoms with van der Waals surface area (Å²) >= 11 is 1.23. The predicted molar refractivity (Wildman–Crippen MR) is 150 cm³/mol. The summed E-state index contributed by atoms with van der Waals surface area (Å²) in [4.78, 5) is 47.4. The summed E-state index contributed by atoms with van der Waals surface area (Å²) in [5.74, 6) is 0.938.